The Bertz CT molecular complexity index is 346. The van der Waals surface area contributed by atoms with Crippen molar-refractivity contribution < 1.29 is 9.63 Å². The Morgan fingerprint density at radius 1 is 1.67 bits per heavy atom. The molecule has 0 radical (unpaired) electrons. The second-order valence-corrected chi connectivity index (χ2v) is 3.38. The van der Waals surface area contributed by atoms with E-state index >= 15 is 0 Å². The van der Waals surface area contributed by atoms with E-state index in [1.165, 1.54) is 12.2 Å². The summed E-state index contributed by atoms with van der Waals surface area (Å²) in [5.41, 5.74) is 1.48. The van der Waals surface area contributed by atoms with Gasteiger partial charge < -0.3 is 0 Å². The summed E-state index contributed by atoms with van der Waals surface area (Å²) >= 11 is 0. The van der Waals surface area contributed by atoms with E-state index in [9.17, 15) is 4.79 Å². The molecule has 5 heteroatoms. The molecule has 0 fully saturated rings. The van der Waals surface area contributed by atoms with E-state index in [0.29, 0.717) is 5.69 Å². The molecule has 0 spiro atoms. The predicted molar refractivity (Wildman–Crippen MR) is 56.3 cm³/mol. The topological polar surface area (TPSA) is 47.4 Å². The molecule has 1 aromatic heterocycles. The van der Waals surface area contributed by atoms with Crippen LogP contribution in [0.25, 0.3) is 0 Å². The number of aromatic nitrogens is 2. The molecular weight excluding hydrogens is 194 g/mol. The Morgan fingerprint density at radius 2 is 2.33 bits per heavy atom. The van der Waals surface area contributed by atoms with Crippen LogP contribution in [0.3, 0.4) is 0 Å². The normalized spacial score (nSPS) is 10.4. The van der Waals surface area contributed by atoms with Gasteiger partial charge in [0, 0.05) is 14.1 Å². The molecule has 0 aliphatic carbocycles. The Kier molecular flexibility index (Phi) is 3.85. The summed E-state index contributed by atoms with van der Waals surface area (Å²) < 4.78 is 1.59. The average Bonchev–Trinajstić information content (AvgIpc) is 2.58. The Balaban J connectivity index is 2.89. The predicted octanol–water partition coefficient (Wildman–Crippen LogP) is 1.01. The summed E-state index contributed by atoms with van der Waals surface area (Å²) in [6.45, 7) is 2.08. The monoisotopic (exact) mass is 211 g/mol. The lowest BCUT2D eigenvalue weighted by molar-refractivity contribution is -0.0763. The van der Waals surface area contributed by atoms with Crippen LogP contribution in [-0.4, -0.2) is 34.9 Å². The molecule has 0 bridgehead atoms. The lowest BCUT2D eigenvalue weighted by Crippen LogP contribution is -2.27. The van der Waals surface area contributed by atoms with Crippen molar-refractivity contribution >= 4 is 5.91 Å². The van der Waals surface area contributed by atoms with Crippen LogP contribution in [0.15, 0.2) is 6.07 Å². The van der Waals surface area contributed by atoms with Crippen molar-refractivity contribution in [1.82, 2.24) is 14.8 Å². The number of hydrogen-bond acceptors (Lipinski definition) is 3. The fraction of sp³-hybridized carbons (Fsp3) is 0.600. The Labute approximate surface area is 89.6 Å². The zero-order chi connectivity index (χ0) is 11.4. The molecule has 0 unspecified atom stereocenters. The van der Waals surface area contributed by atoms with Crippen molar-refractivity contribution in [3.05, 3.63) is 17.5 Å². The molecule has 5 nitrogen and oxygen atoms in total. The molecule has 15 heavy (non-hydrogen) atoms. The van der Waals surface area contributed by atoms with Crippen LogP contribution >= 0.6 is 0 Å². The minimum atomic E-state index is -0.185. The van der Waals surface area contributed by atoms with Crippen LogP contribution in [0.2, 0.25) is 0 Å². The molecule has 1 amide bonds. The second kappa shape index (κ2) is 4.93. The highest BCUT2D eigenvalue weighted by Gasteiger charge is 2.16. The molecule has 0 aliphatic heterocycles. The first-order valence-corrected chi connectivity index (χ1v) is 4.95. The van der Waals surface area contributed by atoms with Gasteiger partial charge in [0.15, 0.2) is 0 Å². The van der Waals surface area contributed by atoms with Crippen LogP contribution in [0.1, 0.15) is 29.5 Å². The number of carbonyl (C=O) groups excluding carboxylic acids is 1. The molecule has 1 rings (SSSR count). The van der Waals surface area contributed by atoms with Crippen molar-refractivity contribution in [1.29, 1.82) is 0 Å². The van der Waals surface area contributed by atoms with Gasteiger partial charge in [0.1, 0.15) is 5.69 Å². The highest BCUT2D eigenvalue weighted by molar-refractivity contribution is 5.91. The summed E-state index contributed by atoms with van der Waals surface area (Å²) in [4.78, 5) is 16.6. The lowest BCUT2D eigenvalue weighted by Gasteiger charge is -2.12. The maximum Gasteiger partial charge on any atom is 0.295 e. The zero-order valence-corrected chi connectivity index (χ0v) is 9.65. The van der Waals surface area contributed by atoms with Crippen LogP contribution in [0, 0.1) is 0 Å². The first kappa shape index (κ1) is 11.7. The third-order valence-electron chi connectivity index (χ3n) is 2.22. The number of carbonyl (C=O) groups is 1. The maximum atomic E-state index is 11.8. The zero-order valence-electron chi connectivity index (χ0n) is 9.65. The highest BCUT2D eigenvalue weighted by Crippen LogP contribution is 2.07. The number of nitrogens with zero attached hydrogens (tertiary/aromatic N) is 3. The fourth-order valence-corrected chi connectivity index (χ4v) is 1.35. The van der Waals surface area contributed by atoms with Crippen molar-refractivity contribution in [2.45, 2.75) is 19.8 Å². The summed E-state index contributed by atoms with van der Waals surface area (Å²) in [6.07, 6.45) is 1.91. The van der Waals surface area contributed by atoms with Gasteiger partial charge in [-0.05, 0) is 12.5 Å². The molecular formula is C10H17N3O2. The van der Waals surface area contributed by atoms with Crippen LogP contribution in [-0.2, 0) is 18.3 Å². The maximum absolute atomic E-state index is 11.8. The molecule has 1 heterocycles. The van der Waals surface area contributed by atoms with Gasteiger partial charge in [0.25, 0.3) is 5.91 Å². The molecule has 84 valence electrons. The van der Waals surface area contributed by atoms with E-state index in [1.54, 1.807) is 24.8 Å². The van der Waals surface area contributed by atoms with Gasteiger partial charge in [-0.3, -0.25) is 14.3 Å². The quantitative estimate of drug-likeness (QED) is 0.698. The highest BCUT2D eigenvalue weighted by atomic mass is 16.7. The molecule has 0 N–H and O–H groups in total. The molecule has 0 saturated carbocycles. The van der Waals surface area contributed by atoms with E-state index in [-0.39, 0.29) is 5.91 Å². The molecule has 0 aromatic carbocycles. The summed E-state index contributed by atoms with van der Waals surface area (Å²) in [5, 5.41) is 5.44. The Morgan fingerprint density at radius 3 is 2.87 bits per heavy atom. The fourth-order valence-electron chi connectivity index (χ4n) is 1.35. The van der Waals surface area contributed by atoms with E-state index in [0.717, 1.165) is 18.5 Å². The van der Waals surface area contributed by atoms with Crippen LogP contribution in [0.4, 0.5) is 0 Å². The average molecular weight is 211 g/mol. The third-order valence-corrected chi connectivity index (χ3v) is 2.22. The largest absolute Gasteiger partial charge is 0.295 e. The molecule has 1 aromatic rings. The van der Waals surface area contributed by atoms with E-state index in [1.807, 2.05) is 0 Å². The van der Waals surface area contributed by atoms with E-state index in [2.05, 4.69) is 12.0 Å². The molecule has 0 atom stereocenters. The summed E-state index contributed by atoms with van der Waals surface area (Å²) in [6, 6.07) is 1.81. The van der Waals surface area contributed by atoms with Crippen LogP contribution in [0.5, 0.6) is 0 Å². The SMILES string of the molecule is CCCc1cc(C(=O)N(C)OC)n(C)n1. The van der Waals surface area contributed by atoms with Gasteiger partial charge in [0.2, 0.25) is 0 Å². The smallest absolute Gasteiger partial charge is 0.274 e. The van der Waals surface area contributed by atoms with Gasteiger partial charge in [-0.2, -0.15) is 5.10 Å². The molecule has 0 saturated heterocycles. The minimum absolute atomic E-state index is 0.185. The van der Waals surface area contributed by atoms with Crippen molar-refractivity contribution in [2.24, 2.45) is 7.05 Å². The first-order valence-electron chi connectivity index (χ1n) is 4.95. The standard InChI is InChI=1S/C10H17N3O2/c1-5-6-8-7-9(12(2)11-8)10(14)13(3)15-4/h7H,5-6H2,1-4H3. The third kappa shape index (κ3) is 2.56. The lowest BCUT2D eigenvalue weighted by atomic mass is 10.2. The van der Waals surface area contributed by atoms with Crippen molar-refractivity contribution in [3.63, 3.8) is 0 Å². The van der Waals surface area contributed by atoms with Gasteiger partial charge in [0.05, 0.1) is 12.8 Å². The summed E-state index contributed by atoms with van der Waals surface area (Å²) in [5.74, 6) is -0.185. The van der Waals surface area contributed by atoms with Gasteiger partial charge in [-0.15, -0.1) is 0 Å². The number of hydrogen-bond donors (Lipinski definition) is 0. The van der Waals surface area contributed by atoms with Crippen molar-refractivity contribution in [3.8, 4) is 0 Å². The van der Waals surface area contributed by atoms with E-state index < -0.39 is 0 Å². The van der Waals surface area contributed by atoms with Crippen LogP contribution < -0.4 is 0 Å². The first-order chi connectivity index (χ1) is 7.10. The summed E-state index contributed by atoms with van der Waals surface area (Å²) in [7, 11) is 4.80. The van der Waals surface area contributed by atoms with Gasteiger partial charge in [-0.1, -0.05) is 13.3 Å². The number of amides is 1. The van der Waals surface area contributed by atoms with Gasteiger partial charge in [-0.25, -0.2) is 5.06 Å². The van der Waals surface area contributed by atoms with E-state index in [4.69, 9.17) is 4.84 Å². The number of aryl methyl sites for hydroxylation is 2. The molecule has 0 aliphatic rings. The number of hydroxylamine groups is 2. The number of rotatable bonds is 4. The minimum Gasteiger partial charge on any atom is -0.274 e. The Hall–Kier alpha value is -1.36. The van der Waals surface area contributed by atoms with Crippen molar-refractivity contribution in [2.75, 3.05) is 14.2 Å². The second-order valence-electron chi connectivity index (χ2n) is 3.38. The van der Waals surface area contributed by atoms with Gasteiger partial charge >= 0.3 is 0 Å².